The number of nitrogens with one attached hydrogen (secondary N) is 1. The molecular formula is C17H17ClFNO. The molecule has 21 heavy (non-hydrogen) atoms. The summed E-state index contributed by atoms with van der Waals surface area (Å²) in [4.78, 5) is 0. The lowest BCUT2D eigenvalue weighted by atomic mass is 10.1. The topological polar surface area (TPSA) is 21.3 Å². The van der Waals surface area contributed by atoms with Gasteiger partial charge in [-0.05, 0) is 30.7 Å². The molecule has 3 rings (SSSR count). The number of benzene rings is 2. The van der Waals surface area contributed by atoms with Crippen LogP contribution in [-0.2, 0) is 13.0 Å². The number of ether oxygens (including phenoxy) is 1. The van der Waals surface area contributed by atoms with Crippen LogP contribution in [0.15, 0.2) is 36.4 Å². The summed E-state index contributed by atoms with van der Waals surface area (Å²) in [6, 6.07) is 10.6. The monoisotopic (exact) mass is 305 g/mol. The summed E-state index contributed by atoms with van der Waals surface area (Å²) in [5, 5.41) is 4.05. The molecule has 1 N–H and O–H groups in total. The molecular weight excluding hydrogens is 289 g/mol. The molecule has 1 aliphatic heterocycles. The first-order valence-corrected chi connectivity index (χ1v) is 7.45. The van der Waals surface area contributed by atoms with Crippen LogP contribution in [0.2, 0.25) is 5.02 Å². The fourth-order valence-corrected chi connectivity index (χ4v) is 2.94. The van der Waals surface area contributed by atoms with Gasteiger partial charge in [0.15, 0.2) is 0 Å². The van der Waals surface area contributed by atoms with Gasteiger partial charge in [0.25, 0.3) is 0 Å². The van der Waals surface area contributed by atoms with E-state index in [1.165, 1.54) is 6.07 Å². The molecule has 0 saturated heterocycles. The van der Waals surface area contributed by atoms with E-state index in [1.807, 2.05) is 25.1 Å². The minimum Gasteiger partial charge on any atom is -0.493 e. The summed E-state index contributed by atoms with van der Waals surface area (Å²) in [7, 11) is 0. The van der Waals surface area contributed by atoms with Gasteiger partial charge in [-0.2, -0.15) is 0 Å². The first kappa shape index (κ1) is 14.4. The van der Waals surface area contributed by atoms with Crippen molar-refractivity contribution in [3.8, 4) is 5.75 Å². The normalized spacial score (nSPS) is 14.6. The Labute approximate surface area is 128 Å². The molecule has 1 aliphatic rings. The zero-order chi connectivity index (χ0) is 14.8. The maximum Gasteiger partial charge on any atom is 0.127 e. The van der Waals surface area contributed by atoms with Gasteiger partial charge in [-0.1, -0.05) is 29.8 Å². The van der Waals surface area contributed by atoms with E-state index < -0.39 is 0 Å². The lowest BCUT2D eigenvalue weighted by Crippen LogP contribution is -2.19. The summed E-state index contributed by atoms with van der Waals surface area (Å²) in [6.45, 7) is 3.24. The van der Waals surface area contributed by atoms with Gasteiger partial charge in [0.05, 0.1) is 6.61 Å². The van der Waals surface area contributed by atoms with Gasteiger partial charge in [0, 0.05) is 35.2 Å². The molecule has 0 fully saturated rings. The van der Waals surface area contributed by atoms with Gasteiger partial charge >= 0.3 is 0 Å². The van der Waals surface area contributed by atoms with E-state index in [-0.39, 0.29) is 11.9 Å². The summed E-state index contributed by atoms with van der Waals surface area (Å²) in [5.41, 5.74) is 2.84. The Morgan fingerprint density at radius 1 is 1.33 bits per heavy atom. The van der Waals surface area contributed by atoms with Crippen molar-refractivity contribution in [3.05, 3.63) is 63.9 Å². The predicted octanol–water partition coefficient (Wildman–Crippen LogP) is 4.26. The molecule has 0 aromatic heterocycles. The van der Waals surface area contributed by atoms with E-state index in [4.69, 9.17) is 16.3 Å². The SMILES string of the molecule is CC(NCc1cc(Cl)cc2c1OCC2)c1ccccc1F. The van der Waals surface area contributed by atoms with Crippen molar-refractivity contribution in [1.82, 2.24) is 5.32 Å². The molecule has 0 bridgehead atoms. The largest absolute Gasteiger partial charge is 0.493 e. The lowest BCUT2D eigenvalue weighted by Gasteiger charge is -2.16. The van der Waals surface area contributed by atoms with Crippen LogP contribution >= 0.6 is 11.6 Å². The molecule has 1 heterocycles. The highest BCUT2D eigenvalue weighted by molar-refractivity contribution is 6.30. The molecule has 0 saturated carbocycles. The molecule has 0 amide bonds. The van der Waals surface area contributed by atoms with Crippen LogP contribution in [0.4, 0.5) is 4.39 Å². The minimum absolute atomic E-state index is 0.0813. The number of hydrogen-bond donors (Lipinski definition) is 1. The van der Waals surface area contributed by atoms with Crippen LogP contribution < -0.4 is 10.1 Å². The van der Waals surface area contributed by atoms with Gasteiger partial charge in [0.2, 0.25) is 0 Å². The maximum absolute atomic E-state index is 13.8. The molecule has 1 atom stereocenters. The lowest BCUT2D eigenvalue weighted by molar-refractivity contribution is 0.351. The Kier molecular flexibility index (Phi) is 4.13. The molecule has 0 radical (unpaired) electrons. The molecule has 1 unspecified atom stereocenters. The smallest absolute Gasteiger partial charge is 0.127 e. The predicted molar refractivity (Wildman–Crippen MR) is 82.3 cm³/mol. The van der Waals surface area contributed by atoms with Crippen molar-refractivity contribution >= 4 is 11.6 Å². The van der Waals surface area contributed by atoms with E-state index in [0.717, 1.165) is 28.3 Å². The zero-order valence-electron chi connectivity index (χ0n) is 11.8. The van der Waals surface area contributed by atoms with Gasteiger partial charge < -0.3 is 10.1 Å². The van der Waals surface area contributed by atoms with E-state index in [2.05, 4.69) is 5.32 Å². The fourth-order valence-electron chi connectivity index (χ4n) is 2.68. The van der Waals surface area contributed by atoms with Crippen molar-refractivity contribution in [3.63, 3.8) is 0 Å². The average Bonchev–Trinajstić information content (AvgIpc) is 2.93. The Hall–Kier alpha value is -1.58. The molecule has 2 nitrogen and oxygen atoms in total. The molecule has 2 aromatic carbocycles. The summed E-state index contributed by atoms with van der Waals surface area (Å²) in [5.74, 6) is 0.734. The summed E-state index contributed by atoms with van der Waals surface area (Å²) >= 11 is 6.14. The van der Waals surface area contributed by atoms with Crippen LogP contribution in [0.1, 0.15) is 29.7 Å². The minimum atomic E-state index is -0.190. The van der Waals surface area contributed by atoms with Crippen molar-refractivity contribution < 1.29 is 9.13 Å². The first-order chi connectivity index (χ1) is 10.1. The Morgan fingerprint density at radius 3 is 2.95 bits per heavy atom. The van der Waals surface area contributed by atoms with Crippen molar-refractivity contribution in [1.29, 1.82) is 0 Å². The number of halogens is 2. The van der Waals surface area contributed by atoms with Crippen LogP contribution in [0.5, 0.6) is 5.75 Å². The van der Waals surface area contributed by atoms with Crippen LogP contribution in [0, 0.1) is 5.82 Å². The van der Waals surface area contributed by atoms with Crippen molar-refractivity contribution in [2.24, 2.45) is 0 Å². The van der Waals surface area contributed by atoms with Gasteiger partial charge in [0.1, 0.15) is 11.6 Å². The second-order valence-electron chi connectivity index (χ2n) is 5.28. The summed E-state index contributed by atoms with van der Waals surface area (Å²) in [6.07, 6.45) is 0.895. The number of hydrogen-bond acceptors (Lipinski definition) is 2. The van der Waals surface area contributed by atoms with Gasteiger partial charge in [-0.3, -0.25) is 0 Å². The Morgan fingerprint density at radius 2 is 2.14 bits per heavy atom. The maximum atomic E-state index is 13.8. The standard InChI is InChI=1S/C17H17ClFNO/c1-11(15-4-2-3-5-16(15)19)20-10-13-9-14(18)8-12-6-7-21-17(12)13/h2-5,8-9,11,20H,6-7,10H2,1H3. The highest BCUT2D eigenvalue weighted by atomic mass is 35.5. The summed E-state index contributed by atoms with van der Waals surface area (Å²) < 4.78 is 19.4. The third kappa shape index (κ3) is 3.04. The second kappa shape index (κ2) is 6.04. The third-order valence-electron chi connectivity index (χ3n) is 3.80. The zero-order valence-corrected chi connectivity index (χ0v) is 12.6. The average molecular weight is 306 g/mol. The van der Waals surface area contributed by atoms with Gasteiger partial charge in [-0.25, -0.2) is 4.39 Å². The Bertz CT molecular complexity index is 659. The molecule has 2 aromatic rings. The van der Waals surface area contributed by atoms with E-state index in [9.17, 15) is 4.39 Å². The van der Waals surface area contributed by atoms with E-state index in [1.54, 1.807) is 12.1 Å². The van der Waals surface area contributed by atoms with Gasteiger partial charge in [-0.15, -0.1) is 0 Å². The van der Waals surface area contributed by atoms with Crippen molar-refractivity contribution in [2.45, 2.75) is 25.9 Å². The van der Waals surface area contributed by atoms with Crippen LogP contribution in [0.3, 0.4) is 0 Å². The van der Waals surface area contributed by atoms with Crippen LogP contribution in [-0.4, -0.2) is 6.61 Å². The Balaban J connectivity index is 1.75. The first-order valence-electron chi connectivity index (χ1n) is 7.07. The number of rotatable bonds is 4. The molecule has 4 heteroatoms. The molecule has 110 valence electrons. The highest BCUT2D eigenvalue weighted by Gasteiger charge is 2.18. The molecule has 0 aliphatic carbocycles. The highest BCUT2D eigenvalue weighted by Crippen LogP contribution is 2.33. The quantitative estimate of drug-likeness (QED) is 0.911. The number of fused-ring (bicyclic) bond motifs is 1. The van der Waals surface area contributed by atoms with E-state index in [0.29, 0.717) is 18.7 Å². The fraction of sp³-hybridized carbons (Fsp3) is 0.294. The van der Waals surface area contributed by atoms with E-state index >= 15 is 0 Å². The third-order valence-corrected chi connectivity index (χ3v) is 4.01. The second-order valence-corrected chi connectivity index (χ2v) is 5.71. The van der Waals surface area contributed by atoms with Crippen molar-refractivity contribution in [2.75, 3.05) is 6.61 Å². The van der Waals surface area contributed by atoms with Crippen LogP contribution in [0.25, 0.3) is 0 Å². The molecule has 0 spiro atoms.